The smallest absolute Gasteiger partial charge is 0.357 e. The van der Waals surface area contributed by atoms with E-state index < -0.39 is 16.2 Å². The zero-order chi connectivity index (χ0) is 23.1. The van der Waals surface area contributed by atoms with Crippen LogP contribution in [0.25, 0.3) is 21.7 Å². The van der Waals surface area contributed by atoms with E-state index in [0.29, 0.717) is 48.5 Å². The van der Waals surface area contributed by atoms with Gasteiger partial charge in [-0.15, -0.1) is 0 Å². The molecule has 0 atom stereocenters. The van der Waals surface area contributed by atoms with Gasteiger partial charge in [-0.25, -0.2) is 0 Å². The molecule has 166 valence electrons. The molecular formula is C24H21N5O4. The topological polar surface area (TPSA) is 102 Å². The van der Waals surface area contributed by atoms with Crippen LogP contribution < -0.4 is 10.5 Å². The average molecular weight is 443 g/mol. The number of benzene rings is 2. The van der Waals surface area contributed by atoms with E-state index >= 15 is 0 Å². The minimum atomic E-state index is -0.646. The van der Waals surface area contributed by atoms with Crippen molar-refractivity contribution >= 4 is 39.0 Å². The van der Waals surface area contributed by atoms with Crippen molar-refractivity contribution in [3.63, 3.8) is 0 Å². The van der Waals surface area contributed by atoms with Crippen LogP contribution in [0, 0.1) is 10.1 Å². The van der Waals surface area contributed by atoms with Gasteiger partial charge in [0, 0.05) is 50.2 Å². The first kappa shape index (κ1) is 20.6. The van der Waals surface area contributed by atoms with Crippen LogP contribution in [-0.4, -0.2) is 51.5 Å². The number of nitro groups is 1. The summed E-state index contributed by atoms with van der Waals surface area (Å²) in [7, 11) is 1.54. The third kappa shape index (κ3) is 3.38. The van der Waals surface area contributed by atoms with Gasteiger partial charge in [0.1, 0.15) is 11.4 Å². The monoisotopic (exact) mass is 443 g/mol. The number of anilines is 1. The van der Waals surface area contributed by atoms with Crippen molar-refractivity contribution in [1.82, 2.24) is 14.5 Å². The third-order valence-corrected chi connectivity index (χ3v) is 6.19. The highest BCUT2D eigenvalue weighted by atomic mass is 16.6. The highest BCUT2D eigenvalue weighted by Gasteiger charge is 2.32. The van der Waals surface area contributed by atoms with Crippen LogP contribution in [0.5, 0.6) is 0 Å². The highest BCUT2D eigenvalue weighted by molar-refractivity contribution is 6.05. The Morgan fingerprint density at radius 2 is 1.64 bits per heavy atom. The normalized spacial score (nSPS) is 14.1. The largest absolute Gasteiger partial charge is 0.362 e. The Balaban J connectivity index is 1.48. The number of amides is 1. The lowest BCUT2D eigenvalue weighted by atomic mass is 10.1. The lowest BCUT2D eigenvalue weighted by Crippen LogP contribution is -2.49. The van der Waals surface area contributed by atoms with Gasteiger partial charge in [-0.2, -0.15) is 0 Å². The number of carbonyl (C=O) groups is 1. The summed E-state index contributed by atoms with van der Waals surface area (Å²) in [4.78, 5) is 45.1. The number of para-hydroxylation sites is 1. The zero-order valence-electron chi connectivity index (χ0n) is 18.0. The number of rotatable bonds is 3. The molecule has 1 aliphatic rings. The van der Waals surface area contributed by atoms with Gasteiger partial charge >= 0.3 is 11.2 Å². The molecule has 9 heteroatoms. The van der Waals surface area contributed by atoms with Crippen molar-refractivity contribution in [2.75, 3.05) is 31.1 Å². The van der Waals surface area contributed by atoms with Crippen molar-refractivity contribution < 1.29 is 9.72 Å². The van der Waals surface area contributed by atoms with Crippen LogP contribution >= 0.6 is 0 Å². The molecule has 3 heterocycles. The van der Waals surface area contributed by atoms with Crippen LogP contribution in [0.15, 0.2) is 65.6 Å². The number of hydrogen-bond acceptors (Lipinski definition) is 6. The first-order valence-corrected chi connectivity index (χ1v) is 10.6. The third-order valence-electron chi connectivity index (χ3n) is 6.19. The molecule has 1 saturated heterocycles. The summed E-state index contributed by atoms with van der Waals surface area (Å²) in [5, 5.41) is 14.2. The Labute approximate surface area is 188 Å². The molecule has 5 rings (SSSR count). The van der Waals surface area contributed by atoms with Crippen LogP contribution in [0.3, 0.4) is 0 Å². The maximum atomic E-state index is 13.2. The molecule has 1 fully saturated rings. The molecule has 1 amide bonds. The van der Waals surface area contributed by atoms with Crippen molar-refractivity contribution in [2.45, 2.75) is 0 Å². The minimum Gasteiger partial charge on any atom is -0.362 e. The number of carbonyl (C=O) groups excluding carboxylic acids is 1. The Morgan fingerprint density at radius 1 is 0.970 bits per heavy atom. The Hall–Kier alpha value is -4.27. The second-order valence-electron chi connectivity index (χ2n) is 8.00. The Kier molecular flexibility index (Phi) is 5.01. The van der Waals surface area contributed by atoms with Gasteiger partial charge < -0.3 is 14.4 Å². The first-order chi connectivity index (χ1) is 16.0. The van der Waals surface area contributed by atoms with Gasteiger partial charge in [0.25, 0.3) is 5.91 Å². The van der Waals surface area contributed by atoms with E-state index in [9.17, 15) is 19.7 Å². The minimum absolute atomic E-state index is 0.171. The molecule has 0 N–H and O–H groups in total. The number of nitrogens with zero attached hydrogens (tertiary/aromatic N) is 5. The Bertz CT molecular complexity index is 1470. The quantitative estimate of drug-likeness (QED) is 0.356. The molecule has 4 aromatic rings. The summed E-state index contributed by atoms with van der Waals surface area (Å²) < 4.78 is 1.31. The zero-order valence-corrected chi connectivity index (χ0v) is 18.0. The van der Waals surface area contributed by atoms with Crippen molar-refractivity contribution in [3.8, 4) is 0 Å². The van der Waals surface area contributed by atoms with Gasteiger partial charge in [0.2, 0.25) is 0 Å². The van der Waals surface area contributed by atoms with Crippen molar-refractivity contribution in [3.05, 3.63) is 87.0 Å². The van der Waals surface area contributed by atoms with E-state index in [4.69, 9.17) is 0 Å². The summed E-state index contributed by atoms with van der Waals surface area (Å²) >= 11 is 0. The van der Waals surface area contributed by atoms with Crippen LogP contribution in [0.4, 0.5) is 11.4 Å². The number of aryl methyl sites for hydroxylation is 1. The molecule has 33 heavy (non-hydrogen) atoms. The lowest BCUT2D eigenvalue weighted by Gasteiger charge is -2.36. The van der Waals surface area contributed by atoms with Crippen molar-refractivity contribution in [2.24, 2.45) is 7.05 Å². The maximum absolute atomic E-state index is 13.2. The van der Waals surface area contributed by atoms with Crippen LogP contribution in [0.1, 0.15) is 10.5 Å². The van der Waals surface area contributed by atoms with Gasteiger partial charge in [0.15, 0.2) is 0 Å². The fourth-order valence-corrected chi connectivity index (χ4v) is 4.52. The summed E-state index contributed by atoms with van der Waals surface area (Å²) in [6.45, 7) is 1.47. The fourth-order valence-electron chi connectivity index (χ4n) is 4.52. The summed E-state index contributed by atoms with van der Waals surface area (Å²) in [6.07, 6.45) is 1.63. The predicted octanol–water partition coefficient (Wildman–Crippen LogP) is 2.96. The average Bonchev–Trinajstić information content (AvgIpc) is 2.85. The molecule has 0 radical (unpaired) electrons. The van der Waals surface area contributed by atoms with E-state index in [1.165, 1.54) is 11.6 Å². The SMILES string of the molecule is Cn1c(=O)c([N+](=O)[O-])c(N2CCN(C(=O)c3nccc4ccccc34)CC2)c2ccccc21. The molecule has 0 unspecified atom stereocenters. The second kappa shape index (κ2) is 8.01. The standard InChI is InChI=1S/C24H21N5O4/c1-26-19-9-5-4-8-18(19)21(22(24(26)31)29(32)33)27-12-14-28(15-13-27)23(30)20-17-7-3-2-6-16(17)10-11-25-20/h2-11H,12-15H2,1H3. The molecule has 1 aliphatic heterocycles. The molecule has 9 nitrogen and oxygen atoms in total. The molecule has 0 bridgehead atoms. The van der Waals surface area contributed by atoms with Gasteiger partial charge in [-0.1, -0.05) is 42.5 Å². The number of hydrogen-bond donors (Lipinski definition) is 0. The summed E-state index contributed by atoms with van der Waals surface area (Å²) in [5.74, 6) is -0.171. The molecule has 0 aliphatic carbocycles. The number of aromatic nitrogens is 2. The van der Waals surface area contributed by atoms with E-state index in [1.54, 1.807) is 35.4 Å². The lowest BCUT2D eigenvalue weighted by molar-refractivity contribution is -0.385. The van der Waals surface area contributed by atoms with Gasteiger partial charge in [-0.3, -0.25) is 24.7 Å². The van der Waals surface area contributed by atoms with E-state index in [-0.39, 0.29) is 5.91 Å². The summed E-state index contributed by atoms with van der Waals surface area (Å²) in [6, 6.07) is 16.6. The molecule has 0 spiro atoms. The van der Waals surface area contributed by atoms with Crippen LogP contribution in [0.2, 0.25) is 0 Å². The van der Waals surface area contributed by atoms with Gasteiger partial charge in [-0.05, 0) is 17.5 Å². The number of pyridine rings is 2. The molecule has 2 aromatic carbocycles. The van der Waals surface area contributed by atoms with E-state index in [1.807, 2.05) is 35.2 Å². The van der Waals surface area contributed by atoms with Gasteiger partial charge in [0.05, 0.1) is 10.4 Å². The Morgan fingerprint density at radius 3 is 2.36 bits per heavy atom. The molecular weight excluding hydrogens is 422 g/mol. The number of piperazine rings is 1. The summed E-state index contributed by atoms with van der Waals surface area (Å²) in [5.41, 5.74) is 0.251. The molecule has 2 aromatic heterocycles. The second-order valence-corrected chi connectivity index (χ2v) is 8.00. The number of fused-ring (bicyclic) bond motifs is 2. The fraction of sp³-hybridized carbons (Fsp3) is 0.208. The van der Waals surface area contributed by atoms with E-state index in [0.717, 1.165) is 10.8 Å². The maximum Gasteiger partial charge on any atom is 0.357 e. The van der Waals surface area contributed by atoms with E-state index in [2.05, 4.69) is 4.98 Å². The highest BCUT2D eigenvalue weighted by Crippen LogP contribution is 2.34. The van der Waals surface area contributed by atoms with Crippen LogP contribution in [-0.2, 0) is 7.05 Å². The van der Waals surface area contributed by atoms with Crippen molar-refractivity contribution in [1.29, 1.82) is 0 Å². The molecule has 0 saturated carbocycles. The first-order valence-electron chi connectivity index (χ1n) is 10.6. The predicted molar refractivity (Wildman–Crippen MR) is 126 cm³/mol.